The van der Waals surface area contributed by atoms with Crippen molar-refractivity contribution in [3.8, 4) is 0 Å². The Labute approximate surface area is 91.3 Å². The van der Waals surface area contributed by atoms with E-state index in [2.05, 4.69) is 0 Å². The van der Waals surface area contributed by atoms with E-state index in [0.29, 0.717) is 12.8 Å². The van der Waals surface area contributed by atoms with Gasteiger partial charge in [-0.15, -0.1) is 0 Å². The van der Waals surface area contributed by atoms with Gasteiger partial charge in [0.2, 0.25) is 5.78 Å². The van der Waals surface area contributed by atoms with Crippen LogP contribution in [-0.4, -0.2) is 14.4 Å². The van der Waals surface area contributed by atoms with Crippen LogP contribution in [0.5, 0.6) is 0 Å². The number of hydrogen-bond donors (Lipinski definition) is 0. The quantitative estimate of drug-likeness (QED) is 0.602. The number of rotatable bonds is 0. The number of ketones is 1. The summed E-state index contributed by atoms with van der Waals surface area (Å²) in [5, 5.41) is 0. The topological polar surface area (TPSA) is 17.1 Å². The van der Waals surface area contributed by atoms with Crippen molar-refractivity contribution in [2.75, 3.05) is 0 Å². The van der Waals surface area contributed by atoms with Gasteiger partial charge in [-0.25, -0.2) is 0 Å². The second-order valence-electron chi connectivity index (χ2n) is 3.25. The first-order valence-corrected chi connectivity index (χ1v) is 5.07. The van der Waals surface area contributed by atoms with E-state index in [4.69, 9.17) is 46.4 Å². The number of Topliss-reactive ketones (excluding diaryl/α,β-unsaturated/α-hetero) is 1. The lowest BCUT2D eigenvalue weighted by Crippen LogP contribution is -2.46. The van der Waals surface area contributed by atoms with E-state index in [-0.39, 0.29) is 5.92 Å². The number of hydrogen-bond acceptors (Lipinski definition) is 1. The second kappa shape index (κ2) is 3.20. The van der Waals surface area contributed by atoms with Crippen molar-refractivity contribution in [3.63, 3.8) is 0 Å². The molecule has 0 heterocycles. The van der Waals surface area contributed by atoms with Crippen LogP contribution in [0.25, 0.3) is 0 Å². The fraction of sp³-hybridized carbons (Fsp3) is 0.857. The molecule has 70 valence electrons. The summed E-state index contributed by atoms with van der Waals surface area (Å²) in [7, 11) is 0. The lowest BCUT2D eigenvalue weighted by atomic mass is 9.88. The Morgan fingerprint density at radius 2 is 1.50 bits per heavy atom. The number of halogens is 4. The summed E-state index contributed by atoms with van der Waals surface area (Å²) in [6.45, 7) is 1.91. The molecule has 0 amide bonds. The molecule has 1 nitrogen and oxygen atoms in total. The van der Waals surface area contributed by atoms with Crippen molar-refractivity contribution in [1.82, 2.24) is 0 Å². The van der Waals surface area contributed by atoms with Gasteiger partial charge in [0, 0.05) is 0 Å². The standard InChI is InChI=1S/C7H8Cl4O/c1-4-2-6(8,9)5(12)7(10,11)3-4/h4H,2-3H2,1H3. The first-order chi connectivity index (χ1) is 5.26. The molecule has 0 unspecified atom stereocenters. The van der Waals surface area contributed by atoms with Crippen molar-refractivity contribution in [1.29, 1.82) is 0 Å². The van der Waals surface area contributed by atoms with E-state index in [1.54, 1.807) is 0 Å². The zero-order chi connectivity index (χ0) is 9.57. The summed E-state index contributed by atoms with van der Waals surface area (Å²) in [6.07, 6.45) is 0.826. The highest BCUT2D eigenvalue weighted by Gasteiger charge is 2.52. The molecule has 0 saturated heterocycles. The molecule has 0 aliphatic heterocycles. The lowest BCUT2D eigenvalue weighted by molar-refractivity contribution is -0.122. The van der Waals surface area contributed by atoms with Crippen LogP contribution in [0.15, 0.2) is 0 Å². The Kier molecular flexibility index (Phi) is 2.91. The summed E-state index contributed by atoms with van der Waals surface area (Å²) >= 11 is 23.0. The second-order valence-corrected chi connectivity index (χ2v) is 6.22. The zero-order valence-electron chi connectivity index (χ0n) is 6.41. The molecule has 1 fully saturated rings. The average Bonchev–Trinajstić information content (AvgIpc) is 1.80. The number of carbonyl (C=O) groups excluding carboxylic acids is 1. The van der Waals surface area contributed by atoms with Crippen LogP contribution < -0.4 is 0 Å². The van der Waals surface area contributed by atoms with Crippen molar-refractivity contribution in [2.24, 2.45) is 5.92 Å². The van der Waals surface area contributed by atoms with Crippen molar-refractivity contribution >= 4 is 52.2 Å². The van der Waals surface area contributed by atoms with E-state index in [1.807, 2.05) is 6.92 Å². The summed E-state index contributed by atoms with van der Waals surface area (Å²) < 4.78 is -2.83. The van der Waals surface area contributed by atoms with Gasteiger partial charge in [0.05, 0.1) is 0 Å². The molecule has 1 aliphatic rings. The summed E-state index contributed by atoms with van der Waals surface area (Å²) in [5.41, 5.74) is 0. The van der Waals surface area contributed by atoms with Crippen LogP contribution in [0, 0.1) is 5.92 Å². The smallest absolute Gasteiger partial charge is 0.204 e. The van der Waals surface area contributed by atoms with Crippen LogP contribution in [0.1, 0.15) is 19.8 Å². The van der Waals surface area contributed by atoms with Gasteiger partial charge in [0.1, 0.15) is 0 Å². The van der Waals surface area contributed by atoms with Crippen LogP contribution in [0.2, 0.25) is 0 Å². The van der Waals surface area contributed by atoms with E-state index >= 15 is 0 Å². The van der Waals surface area contributed by atoms with Gasteiger partial charge in [0.25, 0.3) is 0 Å². The largest absolute Gasteiger partial charge is 0.293 e. The molecule has 0 spiro atoms. The normalized spacial score (nSPS) is 28.9. The number of carbonyl (C=O) groups is 1. The molecule has 12 heavy (non-hydrogen) atoms. The van der Waals surface area contributed by atoms with Gasteiger partial charge < -0.3 is 0 Å². The molecular formula is C7H8Cl4O. The maximum absolute atomic E-state index is 11.4. The van der Waals surface area contributed by atoms with Crippen molar-refractivity contribution in [3.05, 3.63) is 0 Å². The third-order valence-corrected chi connectivity index (χ3v) is 3.18. The molecule has 0 aromatic heterocycles. The maximum atomic E-state index is 11.4. The average molecular weight is 250 g/mol. The zero-order valence-corrected chi connectivity index (χ0v) is 9.44. The summed E-state index contributed by atoms with van der Waals surface area (Å²) in [6, 6.07) is 0. The van der Waals surface area contributed by atoms with E-state index in [1.165, 1.54) is 0 Å². The summed E-state index contributed by atoms with van der Waals surface area (Å²) in [4.78, 5) is 11.4. The van der Waals surface area contributed by atoms with Gasteiger partial charge >= 0.3 is 0 Å². The van der Waals surface area contributed by atoms with Crippen LogP contribution in [-0.2, 0) is 4.79 Å². The highest BCUT2D eigenvalue weighted by atomic mass is 35.5. The van der Waals surface area contributed by atoms with E-state index < -0.39 is 14.4 Å². The molecular weight excluding hydrogens is 242 g/mol. The van der Waals surface area contributed by atoms with E-state index in [9.17, 15) is 4.79 Å². The predicted octanol–water partition coefficient (Wildman–Crippen LogP) is 3.33. The Bertz CT molecular complexity index is 191. The Morgan fingerprint density at radius 3 is 1.83 bits per heavy atom. The lowest BCUT2D eigenvalue weighted by Gasteiger charge is -2.35. The minimum absolute atomic E-state index is 0.160. The predicted molar refractivity (Wildman–Crippen MR) is 52.3 cm³/mol. The van der Waals surface area contributed by atoms with Gasteiger partial charge in [-0.2, -0.15) is 0 Å². The summed E-state index contributed by atoms with van der Waals surface area (Å²) in [5.74, 6) is -0.340. The minimum Gasteiger partial charge on any atom is -0.293 e. The molecule has 1 aliphatic carbocycles. The van der Waals surface area contributed by atoms with Crippen molar-refractivity contribution in [2.45, 2.75) is 28.4 Å². The molecule has 0 bridgehead atoms. The van der Waals surface area contributed by atoms with Crippen LogP contribution in [0.3, 0.4) is 0 Å². The van der Waals surface area contributed by atoms with Crippen LogP contribution >= 0.6 is 46.4 Å². The molecule has 0 radical (unpaired) electrons. The molecule has 0 atom stereocenters. The molecule has 5 heteroatoms. The Balaban J connectivity index is 2.91. The van der Waals surface area contributed by atoms with Crippen LogP contribution in [0.4, 0.5) is 0 Å². The maximum Gasteiger partial charge on any atom is 0.204 e. The van der Waals surface area contributed by atoms with Gasteiger partial charge in [-0.3, -0.25) is 4.79 Å². The highest BCUT2D eigenvalue weighted by Crippen LogP contribution is 2.47. The first-order valence-electron chi connectivity index (χ1n) is 3.56. The Morgan fingerprint density at radius 1 is 1.17 bits per heavy atom. The first kappa shape index (κ1) is 10.9. The van der Waals surface area contributed by atoms with Gasteiger partial charge in [-0.1, -0.05) is 53.3 Å². The fourth-order valence-electron chi connectivity index (χ4n) is 1.40. The SMILES string of the molecule is CC1CC(Cl)(Cl)C(=O)C(Cl)(Cl)C1. The van der Waals surface area contributed by atoms with Gasteiger partial charge in [0.15, 0.2) is 8.67 Å². The van der Waals surface area contributed by atoms with Gasteiger partial charge in [-0.05, 0) is 18.8 Å². The van der Waals surface area contributed by atoms with Crippen molar-refractivity contribution < 1.29 is 4.79 Å². The molecule has 0 aromatic carbocycles. The Hall–Kier alpha value is 0.830. The number of alkyl halides is 4. The monoisotopic (exact) mass is 248 g/mol. The highest BCUT2D eigenvalue weighted by molar-refractivity contribution is 6.68. The minimum atomic E-state index is -1.42. The molecule has 1 saturated carbocycles. The molecule has 0 aromatic rings. The third-order valence-electron chi connectivity index (χ3n) is 1.87. The fourth-order valence-corrected chi connectivity index (χ4v) is 3.29. The van der Waals surface area contributed by atoms with E-state index in [0.717, 1.165) is 0 Å². The molecule has 0 N–H and O–H groups in total. The third kappa shape index (κ3) is 2.01. The molecule has 1 rings (SSSR count).